The van der Waals surface area contributed by atoms with E-state index in [1.54, 1.807) is 6.20 Å². The van der Waals surface area contributed by atoms with Crippen molar-refractivity contribution in [3.63, 3.8) is 0 Å². The Morgan fingerprint density at radius 1 is 1.71 bits per heavy atom. The number of hydrogen-bond donors (Lipinski definition) is 1. The molecule has 0 bridgehead atoms. The topological polar surface area (TPSA) is 45.2 Å². The molecule has 1 aliphatic heterocycles. The van der Waals surface area contributed by atoms with Crippen LogP contribution in [0, 0.1) is 6.92 Å². The van der Waals surface area contributed by atoms with Crippen LogP contribution in [-0.4, -0.2) is 41.5 Å². The van der Waals surface area contributed by atoms with E-state index in [2.05, 4.69) is 10.3 Å². The Hall–Kier alpha value is -0.940. The zero-order chi connectivity index (χ0) is 12.3. The fraction of sp³-hybridized carbons (Fsp3) is 0.667. The SMILES string of the molecule is CCN(CC1CCCN1)C(=O)c1cnc(C)s1. The second-order valence-corrected chi connectivity index (χ2v) is 5.62. The maximum Gasteiger partial charge on any atom is 0.265 e. The van der Waals surface area contributed by atoms with Crippen molar-refractivity contribution < 1.29 is 4.79 Å². The van der Waals surface area contributed by atoms with Crippen molar-refractivity contribution in [1.29, 1.82) is 0 Å². The molecule has 1 aromatic rings. The van der Waals surface area contributed by atoms with Crippen molar-refractivity contribution in [1.82, 2.24) is 15.2 Å². The van der Waals surface area contributed by atoms with Gasteiger partial charge in [-0.1, -0.05) is 0 Å². The summed E-state index contributed by atoms with van der Waals surface area (Å²) < 4.78 is 0. The number of carbonyl (C=O) groups excluding carboxylic acids is 1. The van der Waals surface area contributed by atoms with Gasteiger partial charge in [-0.2, -0.15) is 0 Å². The first-order chi connectivity index (χ1) is 8.20. The van der Waals surface area contributed by atoms with E-state index in [1.807, 2.05) is 18.7 Å². The molecule has 1 aliphatic rings. The van der Waals surface area contributed by atoms with Crippen LogP contribution in [0.3, 0.4) is 0 Å². The normalized spacial score (nSPS) is 19.5. The van der Waals surface area contributed by atoms with Gasteiger partial charge in [0.1, 0.15) is 4.88 Å². The van der Waals surface area contributed by atoms with Gasteiger partial charge in [0.05, 0.1) is 11.2 Å². The van der Waals surface area contributed by atoms with Gasteiger partial charge in [0.2, 0.25) is 0 Å². The van der Waals surface area contributed by atoms with Crippen LogP contribution in [0.15, 0.2) is 6.20 Å². The molecule has 1 unspecified atom stereocenters. The van der Waals surface area contributed by atoms with E-state index in [1.165, 1.54) is 24.2 Å². The minimum atomic E-state index is 0.117. The molecule has 1 N–H and O–H groups in total. The van der Waals surface area contributed by atoms with E-state index in [-0.39, 0.29) is 5.91 Å². The summed E-state index contributed by atoms with van der Waals surface area (Å²) in [5.74, 6) is 0.117. The lowest BCUT2D eigenvalue weighted by atomic mass is 10.2. The predicted molar refractivity (Wildman–Crippen MR) is 69.5 cm³/mol. The van der Waals surface area contributed by atoms with Gasteiger partial charge in [-0.05, 0) is 33.2 Å². The molecule has 0 spiro atoms. The van der Waals surface area contributed by atoms with Gasteiger partial charge < -0.3 is 10.2 Å². The highest BCUT2D eigenvalue weighted by Gasteiger charge is 2.22. The van der Waals surface area contributed by atoms with Gasteiger partial charge >= 0.3 is 0 Å². The summed E-state index contributed by atoms with van der Waals surface area (Å²) in [5.41, 5.74) is 0. The number of rotatable bonds is 4. The monoisotopic (exact) mass is 253 g/mol. The molecular weight excluding hydrogens is 234 g/mol. The molecule has 0 radical (unpaired) electrons. The van der Waals surface area contributed by atoms with Crippen molar-refractivity contribution >= 4 is 17.2 Å². The Labute approximate surface area is 106 Å². The Morgan fingerprint density at radius 2 is 2.53 bits per heavy atom. The van der Waals surface area contributed by atoms with Gasteiger partial charge in [-0.3, -0.25) is 4.79 Å². The third-order valence-corrected chi connectivity index (χ3v) is 4.00. The molecule has 2 heterocycles. The van der Waals surface area contributed by atoms with Crippen LogP contribution in [-0.2, 0) is 0 Å². The minimum absolute atomic E-state index is 0.117. The number of hydrogen-bond acceptors (Lipinski definition) is 4. The fourth-order valence-corrected chi connectivity index (χ4v) is 2.90. The predicted octanol–water partition coefficient (Wildman–Crippen LogP) is 1.67. The molecule has 94 valence electrons. The Bertz CT molecular complexity index is 385. The molecule has 0 aromatic carbocycles. The molecule has 1 atom stereocenters. The van der Waals surface area contributed by atoms with Crippen LogP contribution in [0.1, 0.15) is 34.4 Å². The summed E-state index contributed by atoms with van der Waals surface area (Å²) in [5, 5.41) is 4.37. The minimum Gasteiger partial charge on any atom is -0.337 e. The van der Waals surface area contributed by atoms with E-state index >= 15 is 0 Å². The number of nitrogens with zero attached hydrogens (tertiary/aromatic N) is 2. The zero-order valence-electron chi connectivity index (χ0n) is 10.4. The Balaban J connectivity index is 1.99. The first-order valence-corrected chi connectivity index (χ1v) is 6.97. The maximum atomic E-state index is 12.2. The van der Waals surface area contributed by atoms with Crippen molar-refractivity contribution in [3.8, 4) is 0 Å². The maximum absolute atomic E-state index is 12.2. The highest BCUT2D eigenvalue weighted by molar-refractivity contribution is 7.13. The summed E-state index contributed by atoms with van der Waals surface area (Å²) in [6.07, 6.45) is 4.08. The fourth-order valence-electron chi connectivity index (χ4n) is 2.15. The lowest BCUT2D eigenvalue weighted by Gasteiger charge is -2.23. The number of aromatic nitrogens is 1. The summed E-state index contributed by atoms with van der Waals surface area (Å²) in [4.78, 5) is 19.1. The summed E-state index contributed by atoms with van der Waals surface area (Å²) in [7, 11) is 0. The van der Waals surface area contributed by atoms with Crippen molar-refractivity contribution in [3.05, 3.63) is 16.1 Å². The first-order valence-electron chi connectivity index (χ1n) is 6.15. The van der Waals surface area contributed by atoms with E-state index in [0.717, 1.165) is 29.5 Å². The molecular formula is C12H19N3OS. The highest BCUT2D eigenvalue weighted by Crippen LogP contribution is 2.15. The van der Waals surface area contributed by atoms with Crippen molar-refractivity contribution in [2.24, 2.45) is 0 Å². The number of carbonyl (C=O) groups is 1. The lowest BCUT2D eigenvalue weighted by Crippen LogP contribution is -2.40. The van der Waals surface area contributed by atoms with E-state index in [4.69, 9.17) is 0 Å². The summed E-state index contributed by atoms with van der Waals surface area (Å²) in [6.45, 7) is 6.60. The van der Waals surface area contributed by atoms with Crippen LogP contribution < -0.4 is 5.32 Å². The standard InChI is InChI=1S/C12H19N3OS/c1-3-15(8-10-5-4-6-13-10)12(16)11-7-14-9(2)17-11/h7,10,13H,3-6,8H2,1-2H3. The number of likely N-dealkylation sites (N-methyl/N-ethyl adjacent to an activating group) is 1. The van der Waals surface area contributed by atoms with Gasteiger partial charge in [-0.25, -0.2) is 4.98 Å². The summed E-state index contributed by atoms with van der Waals surface area (Å²) in [6, 6.07) is 0.466. The zero-order valence-corrected chi connectivity index (χ0v) is 11.2. The number of amides is 1. The first kappa shape index (κ1) is 12.5. The van der Waals surface area contributed by atoms with E-state index < -0.39 is 0 Å². The van der Waals surface area contributed by atoms with E-state index in [9.17, 15) is 4.79 Å². The third-order valence-electron chi connectivity index (χ3n) is 3.10. The number of aryl methyl sites for hydroxylation is 1. The smallest absolute Gasteiger partial charge is 0.265 e. The molecule has 2 rings (SSSR count). The molecule has 1 aromatic heterocycles. The Kier molecular flexibility index (Phi) is 4.12. The molecule has 0 saturated carbocycles. The average molecular weight is 253 g/mol. The molecule has 17 heavy (non-hydrogen) atoms. The second kappa shape index (κ2) is 5.60. The molecule has 1 amide bonds. The lowest BCUT2D eigenvalue weighted by molar-refractivity contribution is 0.0756. The number of nitrogens with one attached hydrogen (secondary N) is 1. The van der Waals surface area contributed by atoms with Gasteiger partial charge in [0.25, 0.3) is 5.91 Å². The molecule has 1 fully saturated rings. The largest absolute Gasteiger partial charge is 0.337 e. The van der Waals surface area contributed by atoms with Crippen LogP contribution in [0.25, 0.3) is 0 Å². The van der Waals surface area contributed by atoms with Crippen LogP contribution in [0.5, 0.6) is 0 Å². The van der Waals surface area contributed by atoms with Gasteiger partial charge in [0, 0.05) is 19.1 Å². The van der Waals surface area contributed by atoms with Crippen LogP contribution in [0.2, 0.25) is 0 Å². The van der Waals surface area contributed by atoms with E-state index in [0.29, 0.717) is 6.04 Å². The average Bonchev–Trinajstić information content (AvgIpc) is 2.96. The molecule has 1 saturated heterocycles. The highest BCUT2D eigenvalue weighted by atomic mass is 32.1. The Morgan fingerprint density at radius 3 is 3.06 bits per heavy atom. The second-order valence-electron chi connectivity index (χ2n) is 4.38. The third kappa shape index (κ3) is 3.04. The summed E-state index contributed by atoms with van der Waals surface area (Å²) >= 11 is 1.47. The quantitative estimate of drug-likeness (QED) is 0.887. The van der Waals surface area contributed by atoms with Crippen molar-refractivity contribution in [2.75, 3.05) is 19.6 Å². The van der Waals surface area contributed by atoms with Gasteiger partial charge in [0.15, 0.2) is 0 Å². The van der Waals surface area contributed by atoms with Gasteiger partial charge in [-0.15, -0.1) is 11.3 Å². The van der Waals surface area contributed by atoms with Crippen molar-refractivity contribution in [2.45, 2.75) is 32.7 Å². The molecule has 5 heteroatoms. The van der Waals surface area contributed by atoms with Crippen LogP contribution >= 0.6 is 11.3 Å². The molecule has 0 aliphatic carbocycles. The molecule has 4 nitrogen and oxygen atoms in total. The number of thiazole rings is 1. The van der Waals surface area contributed by atoms with Crippen LogP contribution in [0.4, 0.5) is 0 Å².